The molecular formula is C15H17N3OS. The molecule has 104 valence electrons. The van der Waals surface area contributed by atoms with Crippen LogP contribution in [0.25, 0.3) is 0 Å². The van der Waals surface area contributed by atoms with Gasteiger partial charge in [-0.05, 0) is 29.8 Å². The number of aliphatic imine (C=N–C) groups is 1. The summed E-state index contributed by atoms with van der Waals surface area (Å²) in [5.41, 5.74) is 7.75. The first-order valence-corrected chi connectivity index (χ1v) is 7.75. The van der Waals surface area contributed by atoms with Crippen molar-refractivity contribution in [2.24, 2.45) is 10.7 Å². The molecule has 0 aromatic heterocycles. The van der Waals surface area contributed by atoms with Crippen LogP contribution in [0.4, 0.5) is 5.69 Å². The van der Waals surface area contributed by atoms with Crippen LogP contribution in [0.15, 0.2) is 64.5 Å². The summed E-state index contributed by atoms with van der Waals surface area (Å²) >= 11 is 0. The van der Waals surface area contributed by atoms with Gasteiger partial charge in [-0.25, -0.2) is 4.99 Å². The second-order valence-corrected chi connectivity index (χ2v) is 5.67. The number of hydrogen-bond acceptors (Lipinski definition) is 2. The molecule has 0 heterocycles. The van der Waals surface area contributed by atoms with E-state index in [1.807, 2.05) is 54.6 Å². The molecule has 0 fully saturated rings. The number of rotatable bonds is 4. The number of anilines is 1. The van der Waals surface area contributed by atoms with Gasteiger partial charge in [0, 0.05) is 27.6 Å². The Morgan fingerprint density at radius 1 is 1.15 bits per heavy atom. The quantitative estimate of drug-likeness (QED) is 0.670. The fourth-order valence-electron chi connectivity index (χ4n) is 1.67. The molecule has 0 aliphatic rings. The van der Waals surface area contributed by atoms with E-state index in [0.29, 0.717) is 12.5 Å². The van der Waals surface area contributed by atoms with Gasteiger partial charge >= 0.3 is 0 Å². The van der Waals surface area contributed by atoms with Crippen LogP contribution in [0.5, 0.6) is 0 Å². The van der Waals surface area contributed by atoms with E-state index >= 15 is 0 Å². The predicted octanol–water partition coefficient (Wildman–Crippen LogP) is 2.35. The van der Waals surface area contributed by atoms with Crippen molar-refractivity contribution in [2.45, 2.75) is 11.4 Å². The number of guanidine groups is 1. The average molecular weight is 287 g/mol. The molecule has 0 aliphatic carbocycles. The van der Waals surface area contributed by atoms with E-state index in [1.165, 1.54) is 0 Å². The SMILES string of the molecule is CS(=O)c1ccc(CN=C(N)Nc2ccccc2)cc1. The van der Waals surface area contributed by atoms with Crippen LogP contribution in [0.3, 0.4) is 0 Å². The zero-order valence-electron chi connectivity index (χ0n) is 11.2. The molecule has 0 saturated heterocycles. The van der Waals surface area contributed by atoms with Crippen molar-refractivity contribution in [2.75, 3.05) is 11.6 Å². The predicted molar refractivity (Wildman–Crippen MR) is 84.2 cm³/mol. The van der Waals surface area contributed by atoms with E-state index in [9.17, 15) is 4.21 Å². The van der Waals surface area contributed by atoms with E-state index < -0.39 is 10.8 Å². The van der Waals surface area contributed by atoms with Crippen molar-refractivity contribution >= 4 is 22.4 Å². The van der Waals surface area contributed by atoms with E-state index in [4.69, 9.17) is 5.73 Å². The maximum Gasteiger partial charge on any atom is 0.193 e. The molecule has 2 rings (SSSR count). The van der Waals surface area contributed by atoms with Crippen molar-refractivity contribution in [1.82, 2.24) is 0 Å². The van der Waals surface area contributed by atoms with E-state index in [2.05, 4.69) is 10.3 Å². The van der Waals surface area contributed by atoms with Gasteiger partial charge in [0.2, 0.25) is 0 Å². The Labute approximate surface area is 121 Å². The molecule has 4 nitrogen and oxygen atoms in total. The van der Waals surface area contributed by atoms with E-state index in [-0.39, 0.29) is 0 Å². The molecule has 0 aliphatic heterocycles. The van der Waals surface area contributed by atoms with Crippen LogP contribution in [-0.2, 0) is 17.3 Å². The maximum atomic E-state index is 11.3. The monoisotopic (exact) mass is 287 g/mol. The third kappa shape index (κ3) is 4.20. The molecule has 0 bridgehead atoms. The normalized spacial score (nSPS) is 12.9. The van der Waals surface area contributed by atoms with Gasteiger partial charge in [-0.2, -0.15) is 0 Å². The Morgan fingerprint density at radius 2 is 1.80 bits per heavy atom. The van der Waals surface area contributed by atoms with Crippen LogP contribution in [0, 0.1) is 0 Å². The zero-order valence-corrected chi connectivity index (χ0v) is 12.1. The summed E-state index contributed by atoms with van der Waals surface area (Å²) in [5, 5.41) is 3.02. The van der Waals surface area contributed by atoms with Gasteiger partial charge in [0.15, 0.2) is 5.96 Å². The minimum atomic E-state index is -0.949. The second-order valence-electron chi connectivity index (χ2n) is 4.29. The van der Waals surface area contributed by atoms with Crippen molar-refractivity contribution < 1.29 is 4.21 Å². The van der Waals surface area contributed by atoms with Gasteiger partial charge in [0.25, 0.3) is 0 Å². The van der Waals surface area contributed by atoms with Gasteiger partial charge in [-0.1, -0.05) is 30.3 Å². The Kier molecular flexibility index (Phi) is 4.90. The fourth-order valence-corrected chi connectivity index (χ4v) is 2.19. The number of hydrogen-bond donors (Lipinski definition) is 2. The number of nitrogens with zero attached hydrogens (tertiary/aromatic N) is 1. The average Bonchev–Trinajstić information content (AvgIpc) is 2.46. The first-order valence-electron chi connectivity index (χ1n) is 6.19. The Bertz CT molecular complexity index is 609. The lowest BCUT2D eigenvalue weighted by atomic mass is 10.2. The lowest BCUT2D eigenvalue weighted by Crippen LogP contribution is -2.22. The molecule has 2 aromatic carbocycles. The highest BCUT2D eigenvalue weighted by molar-refractivity contribution is 7.84. The largest absolute Gasteiger partial charge is 0.370 e. The molecule has 2 aromatic rings. The van der Waals surface area contributed by atoms with Crippen molar-refractivity contribution in [3.63, 3.8) is 0 Å². The molecule has 1 atom stereocenters. The third-order valence-corrected chi connectivity index (χ3v) is 3.67. The summed E-state index contributed by atoms with van der Waals surface area (Å²) in [6, 6.07) is 17.2. The number of benzene rings is 2. The molecule has 0 radical (unpaired) electrons. The van der Waals surface area contributed by atoms with Crippen molar-refractivity contribution in [3.05, 3.63) is 60.2 Å². The summed E-state index contributed by atoms with van der Waals surface area (Å²) in [5.74, 6) is 0.374. The number of nitrogens with one attached hydrogen (secondary N) is 1. The highest BCUT2D eigenvalue weighted by Crippen LogP contribution is 2.09. The highest BCUT2D eigenvalue weighted by atomic mass is 32.2. The molecular weight excluding hydrogens is 270 g/mol. The van der Waals surface area contributed by atoms with Crippen LogP contribution in [-0.4, -0.2) is 16.4 Å². The highest BCUT2D eigenvalue weighted by Gasteiger charge is 1.98. The number of para-hydroxylation sites is 1. The summed E-state index contributed by atoms with van der Waals surface area (Å²) in [6.07, 6.45) is 1.66. The standard InChI is InChI=1S/C15H17N3OS/c1-20(19)14-9-7-12(8-10-14)11-17-15(16)18-13-5-3-2-4-6-13/h2-10H,11H2,1H3,(H3,16,17,18). The van der Waals surface area contributed by atoms with E-state index in [0.717, 1.165) is 16.1 Å². The smallest absolute Gasteiger partial charge is 0.193 e. The van der Waals surface area contributed by atoms with Crippen LogP contribution < -0.4 is 11.1 Å². The molecule has 1 unspecified atom stereocenters. The maximum absolute atomic E-state index is 11.3. The van der Waals surface area contributed by atoms with Crippen molar-refractivity contribution in [3.8, 4) is 0 Å². The molecule has 20 heavy (non-hydrogen) atoms. The summed E-state index contributed by atoms with van der Waals surface area (Å²) in [6.45, 7) is 0.488. The lowest BCUT2D eigenvalue weighted by Gasteiger charge is -2.05. The third-order valence-electron chi connectivity index (χ3n) is 2.73. The lowest BCUT2D eigenvalue weighted by molar-refractivity contribution is 0.687. The van der Waals surface area contributed by atoms with Crippen LogP contribution in [0.2, 0.25) is 0 Å². The van der Waals surface area contributed by atoms with Gasteiger partial charge in [-0.3, -0.25) is 4.21 Å². The van der Waals surface area contributed by atoms with Gasteiger partial charge in [-0.15, -0.1) is 0 Å². The van der Waals surface area contributed by atoms with E-state index in [1.54, 1.807) is 6.26 Å². The minimum absolute atomic E-state index is 0.374. The first-order chi connectivity index (χ1) is 9.65. The molecule has 0 saturated carbocycles. The second kappa shape index (κ2) is 6.86. The van der Waals surface area contributed by atoms with Crippen LogP contribution in [0.1, 0.15) is 5.56 Å². The van der Waals surface area contributed by atoms with Crippen molar-refractivity contribution in [1.29, 1.82) is 0 Å². The van der Waals surface area contributed by atoms with Gasteiger partial charge < -0.3 is 11.1 Å². The molecule has 0 spiro atoms. The summed E-state index contributed by atoms with van der Waals surface area (Å²) < 4.78 is 11.3. The summed E-state index contributed by atoms with van der Waals surface area (Å²) in [4.78, 5) is 5.08. The Morgan fingerprint density at radius 3 is 2.40 bits per heavy atom. The van der Waals surface area contributed by atoms with Gasteiger partial charge in [0.05, 0.1) is 6.54 Å². The zero-order chi connectivity index (χ0) is 14.4. The fraction of sp³-hybridized carbons (Fsp3) is 0.133. The first kappa shape index (κ1) is 14.3. The Hall–Kier alpha value is -2.14. The minimum Gasteiger partial charge on any atom is -0.370 e. The molecule has 0 amide bonds. The topological polar surface area (TPSA) is 67.5 Å². The summed E-state index contributed by atoms with van der Waals surface area (Å²) in [7, 11) is -0.949. The van der Waals surface area contributed by atoms with Crippen LogP contribution >= 0.6 is 0 Å². The molecule has 5 heteroatoms. The van der Waals surface area contributed by atoms with Gasteiger partial charge in [0.1, 0.15) is 0 Å². The Balaban J connectivity index is 1.96. The number of nitrogens with two attached hydrogens (primary N) is 1. The molecule has 3 N–H and O–H groups in total.